The van der Waals surface area contributed by atoms with E-state index in [1.165, 1.54) is 53.9 Å². The first-order chi connectivity index (χ1) is 12.0. The first kappa shape index (κ1) is 17.0. The van der Waals surface area contributed by atoms with E-state index in [9.17, 15) is 19.7 Å². The Bertz CT molecular complexity index is 898. The summed E-state index contributed by atoms with van der Waals surface area (Å²) in [6.45, 7) is 0.232. The number of carbonyl (C=O) groups excluding carboxylic acids is 1. The van der Waals surface area contributed by atoms with Crippen LogP contribution >= 0.6 is 11.8 Å². The van der Waals surface area contributed by atoms with Gasteiger partial charge in [0.2, 0.25) is 5.91 Å². The predicted octanol–water partition coefficient (Wildman–Crippen LogP) is 1.52. The summed E-state index contributed by atoms with van der Waals surface area (Å²) < 4.78 is 6.57. The van der Waals surface area contributed by atoms with Gasteiger partial charge in [-0.05, 0) is 6.07 Å². The van der Waals surface area contributed by atoms with Crippen molar-refractivity contribution in [3.8, 4) is 5.75 Å². The molecule has 1 amide bonds. The van der Waals surface area contributed by atoms with Gasteiger partial charge in [0.1, 0.15) is 5.75 Å². The minimum Gasteiger partial charge on any atom is -0.494 e. The number of methoxy groups -OCH3 is 1. The SMILES string of the molecule is COc1cc([N+](=O)[O-])ccc1NC(=O)C1CSc2nccc(=O)n2C1. The first-order valence-electron chi connectivity index (χ1n) is 7.31. The molecule has 0 fully saturated rings. The summed E-state index contributed by atoms with van der Waals surface area (Å²) >= 11 is 1.34. The molecule has 3 rings (SSSR count). The molecule has 2 heterocycles. The zero-order valence-electron chi connectivity index (χ0n) is 13.2. The molecule has 0 radical (unpaired) electrons. The van der Waals surface area contributed by atoms with E-state index in [1.807, 2.05) is 0 Å². The van der Waals surface area contributed by atoms with Gasteiger partial charge in [0.05, 0.1) is 29.7 Å². The monoisotopic (exact) mass is 362 g/mol. The summed E-state index contributed by atoms with van der Waals surface area (Å²) in [6, 6.07) is 5.31. The lowest BCUT2D eigenvalue weighted by molar-refractivity contribution is -0.384. The number of nitro benzene ring substituents is 1. The van der Waals surface area contributed by atoms with Crippen LogP contribution in [0.3, 0.4) is 0 Å². The number of hydrogen-bond acceptors (Lipinski definition) is 7. The molecule has 0 aliphatic carbocycles. The number of benzene rings is 1. The molecule has 1 aromatic heterocycles. The van der Waals surface area contributed by atoms with Crippen molar-refractivity contribution in [2.24, 2.45) is 5.92 Å². The summed E-state index contributed by atoms with van der Waals surface area (Å²) in [5.74, 6) is -0.0389. The zero-order chi connectivity index (χ0) is 18.0. The Morgan fingerprint density at radius 3 is 3.00 bits per heavy atom. The number of aromatic nitrogens is 2. The molecule has 0 bridgehead atoms. The molecule has 9 nitrogen and oxygen atoms in total. The van der Waals surface area contributed by atoms with Crippen LogP contribution in [0.4, 0.5) is 11.4 Å². The normalized spacial score (nSPS) is 16.0. The third kappa shape index (κ3) is 3.48. The van der Waals surface area contributed by atoms with E-state index in [1.54, 1.807) is 0 Å². The third-order valence-corrected chi connectivity index (χ3v) is 4.89. The maximum atomic E-state index is 12.5. The molecule has 2 aromatic rings. The topological polar surface area (TPSA) is 116 Å². The van der Waals surface area contributed by atoms with Crippen molar-refractivity contribution in [1.82, 2.24) is 9.55 Å². The van der Waals surface area contributed by atoms with Crippen LogP contribution in [0.15, 0.2) is 40.4 Å². The van der Waals surface area contributed by atoms with Crippen LogP contribution in [-0.4, -0.2) is 33.2 Å². The molecule has 130 valence electrons. The molecule has 1 aliphatic heterocycles. The number of nitro groups is 1. The van der Waals surface area contributed by atoms with Crippen molar-refractivity contribution in [2.45, 2.75) is 11.7 Å². The molecule has 25 heavy (non-hydrogen) atoms. The summed E-state index contributed by atoms with van der Waals surface area (Å²) in [7, 11) is 1.37. The van der Waals surface area contributed by atoms with Crippen LogP contribution in [0.5, 0.6) is 5.75 Å². The maximum Gasteiger partial charge on any atom is 0.273 e. The Labute approximate surface area is 146 Å². The summed E-state index contributed by atoms with van der Waals surface area (Å²) in [5, 5.41) is 14.1. The van der Waals surface area contributed by atoms with Crippen LogP contribution in [0.2, 0.25) is 0 Å². The summed E-state index contributed by atoms with van der Waals surface area (Å²) in [6.07, 6.45) is 1.45. The van der Waals surface area contributed by atoms with Crippen LogP contribution in [-0.2, 0) is 11.3 Å². The van der Waals surface area contributed by atoms with Gasteiger partial charge in [-0.15, -0.1) is 0 Å². The second-order valence-electron chi connectivity index (χ2n) is 5.32. The lowest BCUT2D eigenvalue weighted by Gasteiger charge is -2.24. The summed E-state index contributed by atoms with van der Waals surface area (Å²) in [4.78, 5) is 38.8. The number of anilines is 1. The maximum absolute atomic E-state index is 12.5. The van der Waals surface area contributed by atoms with Gasteiger partial charge >= 0.3 is 0 Å². The number of carbonyl (C=O) groups is 1. The van der Waals surface area contributed by atoms with Crippen LogP contribution in [0.25, 0.3) is 0 Å². The number of thioether (sulfide) groups is 1. The molecule has 0 saturated heterocycles. The molecular weight excluding hydrogens is 348 g/mol. The van der Waals surface area contributed by atoms with Crippen molar-refractivity contribution in [1.29, 1.82) is 0 Å². The van der Waals surface area contributed by atoms with Gasteiger partial charge in [0, 0.05) is 30.6 Å². The van der Waals surface area contributed by atoms with E-state index < -0.39 is 10.8 Å². The number of rotatable bonds is 4. The number of ether oxygens (including phenoxy) is 1. The summed E-state index contributed by atoms with van der Waals surface area (Å²) in [5.41, 5.74) is 0.00460. The van der Waals surface area contributed by atoms with Crippen molar-refractivity contribution in [2.75, 3.05) is 18.2 Å². The Hall–Kier alpha value is -2.88. The minimum atomic E-state index is -0.539. The number of non-ortho nitro benzene ring substituents is 1. The van der Waals surface area contributed by atoms with E-state index in [0.717, 1.165) is 0 Å². The van der Waals surface area contributed by atoms with Gasteiger partial charge in [-0.1, -0.05) is 11.8 Å². The fraction of sp³-hybridized carbons (Fsp3) is 0.267. The van der Waals surface area contributed by atoms with Crippen molar-refractivity contribution < 1.29 is 14.5 Å². The number of hydrogen-bond donors (Lipinski definition) is 1. The Balaban J connectivity index is 1.78. The van der Waals surface area contributed by atoms with E-state index in [4.69, 9.17) is 4.74 Å². The highest BCUT2D eigenvalue weighted by Gasteiger charge is 2.27. The average Bonchev–Trinajstić information content (AvgIpc) is 2.62. The molecule has 1 N–H and O–H groups in total. The molecule has 1 aliphatic rings. The van der Waals surface area contributed by atoms with E-state index in [-0.39, 0.29) is 29.4 Å². The van der Waals surface area contributed by atoms with Crippen molar-refractivity contribution in [3.63, 3.8) is 0 Å². The molecule has 1 aromatic carbocycles. The van der Waals surface area contributed by atoms with E-state index in [2.05, 4.69) is 10.3 Å². The van der Waals surface area contributed by atoms with Gasteiger partial charge < -0.3 is 10.1 Å². The van der Waals surface area contributed by atoms with Crippen LogP contribution in [0, 0.1) is 16.0 Å². The van der Waals surface area contributed by atoms with Gasteiger partial charge in [-0.3, -0.25) is 24.3 Å². The fourth-order valence-corrected chi connectivity index (χ4v) is 3.50. The number of amides is 1. The van der Waals surface area contributed by atoms with Crippen LogP contribution < -0.4 is 15.6 Å². The van der Waals surface area contributed by atoms with Gasteiger partial charge in [0.25, 0.3) is 11.2 Å². The second-order valence-corrected chi connectivity index (χ2v) is 6.30. The number of nitrogens with one attached hydrogen (secondary N) is 1. The molecule has 10 heteroatoms. The molecule has 0 spiro atoms. The highest BCUT2D eigenvalue weighted by atomic mass is 32.2. The molecular formula is C15H14N4O5S. The Morgan fingerprint density at radius 2 is 2.28 bits per heavy atom. The standard InChI is InChI=1S/C15H14N4O5S/c1-24-12-6-10(19(22)23)2-3-11(12)17-14(21)9-7-18-13(20)4-5-16-15(18)25-8-9/h2-6,9H,7-8H2,1H3,(H,17,21). The quantitative estimate of drug-likeness (QED) is 0.498. The van der Waals surface area contributed by atoms with Gasteiger partial charge in [-0.2, -0.15) is 0 Å². The first-order valence-corrected chi connectivity index (χ1v) is 8.30. The highest BCUT2D eigenvalue weighted by molar-refractivity contribution is 7.99. The van der Waals surface area contributed by atoms with Crippen molar-refractivity contribution in [3.05, 3.63) is 50.9 Å². The van der Waals surface area contributed by atoms with Crippen molar-refractivity contribution >= 4 is 29.0 Å². The lowest BCUT2D eigenvalue weighted by Crippen LogP contribution is -2.36. The molecule has 1 unspecified atom stereocenters. The minimum absolute atomic E-state index is 0.130. The Morgan fingerprint density at radius 1 is 1.48 bits per heavy atom. The van der Waals surface area contributed by atoms with Crippen LogP contribution in [0.1, 0.15) is 0 Å². The van der Waals surface area contributed by atoms with E-state index in [0.29, 0.717) is 16.6 Å². The highest BCUT2D eigenvalue weighted by Crippen LogP contribution is 2.31. The van der Waals surface area contributed by atoms with Gasteiger partial charge in [0.15, 0.2) is 5.16 Å². The predicted molar refractivity (Wildman–Crippen MR) is 91.0 cm³/mol. The second kappa shape index (κ2) is 6.93. The fourth-order valence-electron chi connectivity index (χ4n) is 2.44. The molecule has 0 saturated carbocycles. The number of nitrogens with zero attached hydrogens (tertiary/aromatic N) is 3. The largest absolute Gasteiger partial charge is 0.494 e. The average molecular weight is 362 g/mol. The van der Waals surface area contributed by atoms with Gasteiger partial charge in [-0.25, -0.2) is 4.98 Å². The smallest absolute Gasteiger partial charge is 0.273 e. The third-order valence-electron chi connectivity index (χ3n) is 3.74. The Kier molecular flexibility index (Phi) is 4.70. The number of fused-ring (bicyclic) bond motifs is 1. The lowest BCUT2D eigenvalue weighted by atomic mass is 10.1. The molecule has 1 atom stereocenters. The van der Waals surface area contributed by atoms with E-state index >= 15 is 0 Å². The zero-order valence-corrected chi connectivity index (χ0v) is 14.0.